The number of methoxy groups -OCH3 is 1. The van der Waals surface area contributed by atoms with Crippen LogP contribution in [0.15, 0.2) is 0 Å². The first-order valence-electron chi connectivity index (χ1n) is 3.64. The molecule has 0 saturated carbocycles. The summed E-state index contributed by atoms with van der Waals surface area (Å²) in [6.07, 6.45) is 7.66. The number of carbonyl (C=O) groups excluding carboxylic acids is 1. The van der Waals surface area contributed by atoms with Gasteiger partial charge in [-0.2, -0.15) is 0 Å². The van der Waals surface area contributed by atoms with Crippen LogP contribution >= 0.6 is 8.04 Å². The van der Waals surface area contributed by atoms with Crippen LogP contribution in [-0.4, -0.2) is 19.2 Å². The maximum atomic E-state index is 10.7. The third-order valence-electron chi connectivity index (χ3n) is 1.49. The summed E-state index contributed by atoms with van der Waals surface area (Å²) in [5.41, 5.74) is 0. The Kier molecular flexibility index (Phi) is 6.21. The zero-order chi connectivity index (χ0) is 8.69. The van der Waals surface area contributed by atoms with Gasteiger partial charge in [0, 0.05) is 0 Å². The summed E-state index contributed by atoms with van der Waals surface area (Å²) in [6, 6.07) is 0. The molecule has 0 aliphatic carbocycles. The molecule has 0 bridgehead atoms. The zero-order valence-electron chi connectivity index (χ0n) is 7.04. The second kappa shape index (κ2) is 6.39. The number of ether oxygens (including phenoxy) is 1. The van der Waals surface area contributed by atoms with Crippen LogP contribution in [-0.2, 0) is 9.53 Å². The Hall–Kier alpha value is -0.320. The van der Waals surface area contributed by atoms with Crippen LogP contribution in [0.25, 0.3) is 0 Å². The predicted octanol–water partition coefficient (Wildman–Crippen LogP) is 2.11. The number of hydrogen-bond acceptors (Lipinski definition) is 2. The van der Waals surface area contributed by atoms with E-state index in [0.717, 1.165) is 20.6 Å². The normalized spacial score (nSPS) is 12.1. The van der Waals surface area contributed by atoms with Gasteiger partial charge in [0.15, 0.2) is 0 Å². The molecule has 0 heterocycles. The Morgan fingerprint density at radius 3 is 2.82 bits per heavy atom. The first-order chi connectivity index (χ1) is 5.20. The van der Waals surface area contributed by atoms with E-state index in [9.17, 15) is 4.79 Å². The van der Waals surface area contributed by atoms with E-state index in [1.807, 2.05) is 0 Å². The van der Waals surface area contributed by atoms with Crippen molar-refractivity contribution in [3.05, 3.63) is 0 Å². The zero-order valence-corrected chi connectivity index (χ0v) is 7.93. The van der Waals surface area contributed by atoms with Gasteiger partial charge in [0.2, 0.25) is 0 Å². The van der Waals surface area contributed by atoms with Crippen LogP contribution in [0.2, 0.25) is 0 Å². The van der Waals surface area contributed by atoms with Crippen LogP contribution in [0.4, 0.5) is 0 Å². The molecular weight excluding hydrogens is 159 g/mol. The molecule has 0 rings (SSSR count). The van der Waals surface area contributed by atoms with Gasteiger partial charge in [0.05, 0.1) is 0 Å². The van der Waals surface area contributed by atoms with Gasteiger partial charge in [-0.05, 0) is 0 Å². The molecule has 0 aromatic carbocycles. The molecule has 0 aromatic heterocycles. The standard InChI is InChI=1S/C8H14O2P/c1-7(6-11-3)4-5-8(9)10-2/h3,7H,4-6H2,1-2H3/q+1. The summed E-state index contributed by atoms with van der Waals surface area (Å²) < 4.78 is 4.51. The molecule has 0 spiro atoms. The minimum atomic E-state index is -0.134. The topological polar surface area (TPSA) is 26.3 Å². The first-order valence-corrected chi connectivity index (χ1v) is 4.79. The van der Waals surface area contributed by atoms with E-state index in [1.165, 1.54) is 7.11 Å². The average molecular weight is 173 g/mol. The Labute approximate surface area is 69.4 Å². The monoisotopic (exact) mass is 173 g/mol. The Morgan fingerprint density at radius 1 is 1.73 bits per heavy atom. The summed E-state index contributed by atoms with van der Waals surface area (Å²) in [5, 5.41) is 0. The molecule has 0 amide bonds. The molecule has 2 nitrogen and oxygen atoms in total. The number of carbonyl (C=O) groups is 1. The van der Waals surface area contributed by atoms with Crippen molar-refractivity contribution in [3.63, 3.8) is 0 Å². The summed E-state index contributed by atoms with van der Waals surface area (Å²) in [4.78, 5) is 10.7. The minimum absolute atomic E-state index is 0.134. The van der Waals surface area contributed by atoms with Crippen LogP contribution in [0.5, 0.6) is 0 Å². The summed E-state index contributed by atoms with van der Waals surface area (Å²) >= 11 is 0. The van der Waals surface area contributed by atoms with Crippen LogP contribution in [0, 0.1) is 12.0 Å². The van der Waals surface area contributed by atoms with E-state index in [-0.39, 0.29) is 5.97 Å². The van der Waals surface area contributed by atoms with Gasteiger partial charge in [0.25, 0.3) is 0 Å². The molecule has 0 saturated heterocycles. The van der Waals surface area contributed by atoms with Gasteiger partial charge in [-0.25, -0.2) is 0 Å². The second-order valence-corrected chi connectivity index (χ2v) is 3.32. The second-order valence-electron chi connectivity index (χ2n) is 2.59. The molecule has 0 N–H and O–H groups in total. The molecule has 0 aliphatic rings. The molecule has 3 heteroatoms. The van der Waals surface area contributed by atoms with E-state index in [1.54, 1.807) is 0 Å². The fourth-order valence-electron chi connectivity index (χ4n) is 0.738. The Balaban J connectivity index is 3.39. The predicted molar refractivity (Wildman–Crippen MR) is 47.1 cm³/mol. The molecule has 62 valence electrons. The van der Waals surface area contributed by atoms with Gasteiger partial charge < -0.3 is 0 Å². The van der Waals surface area contributed by atoms with Gasteiger partial charge in [-0.1, -0.05) is 0 Å². The first kappa shape index (κ1) is 10.7. The van der Waals surface area contributed by atoms with Crippen LogP contribution in [0.3, 0.4) is 0 Å². The fraction of sp³-hybridized carbons (Fsp3) is 0.750. The van der Waals surface area contributed by atoms with Crippen molar-refractivity contribution in [2.75, 3.05) is 13.3 Å². The van der Waals surface area contributed by atoms with Crippen molar-refractivity contribution in [2.45, 2.75) is 19.8 Å². The number of hydrogen-bond donors (Lipinski definition) is 0. The van der Waals surface area contributed by atoms with E-state index in [2.05, 4.69) is 11.7 Å². The van der Waals surface area contributed by atoms with E-state index in [4.69, 9.17) is 6.13 Å². The quantitative estimate of drug-likeness (QED) is 0.480. The molecular formula is C8H14O2P+. The molecule has 0 aromatic rings. The van der Waals surface area contributed by atoms with Crippen molar-refractivity contribution in [1.82, 2.24) is 0 Å². The molecule has 0 radical (unpaired) electrons. The molecule has 11 heavy (non-hydrogen) atoms. The Bertz CT molecular complexity index is 160. The average Bonchev–Trinajstić information content (AvgIpc) is 2.01. The number of esters is 1. The van der Waals surface area contributed by atoms with Crippen molar-refractivity contribution in [3.8, 4) is 6.13 Å². The van der Waals surface area contributed by atoms with E-state index < -0.39 is 0 Å². The van der Waals surface area contributed by atoms with Crippen molar-refractivity contribution >= 4 is 14.0 Å². The van der Waals surface area contributed by atoms with E-state index >= 15 is 0 Å². The van der Waals surface area contributed by atoms with Crippen molar-refractivity contribution in [1.29, 1.82) is 0 Å². The summed E-state index contributed by atoms with van der Waals surface area (Å²) in [7, 11) is 2.31. The SMILES string of the molecule is C#[P+]CC(C)CCC(=O)OC. The van der Waals surface area contributed by atoms with Gasteiger partial charge >= 0.3 is 68.6 Å². The molecule has 1 unspecified atom stereocenters. The molecule has 0 aliphatic heterocycles. The molecule has 1 atom stereocenters. The number of rotatable bonds is 4. The van der Waals surface area contributed by atoms with E-state index in [0.29, 0.717) is 12.3 Å². The van der Waals surface area contributed by atoms with Crippen molar-refractivity contribution < 1.29 is 9.53 Å². The van der Waals surface area contributed by atoms with Crippen LogP contribution < -0.4 is 0 Å². The third kappa shape index (κ3) is 6.09. The Morgan fingerprint density at radius 2 is 2.36 bits per heavy atom. The third-order valence-corrected chi connectivity index (χ3v) is 2.32. The van der Waals surface area contributed by atoms with Crippen LogP contribution in [0.1, 0.15) is 19.8 Å². The fourth-order valence-corrected chi connectivity index (χ4v) is 1.28. The van der Waals surface area contributed by atoms with Crippen molar-refractivity contribution in [2.24, 2.45) is 5.92 Å². The summed E-state index contributed by atoms with van der Waals surface area (Å²) in [6.45, 7) is 2.09. The maximum absolute atomic E-state index is 10.7. The molecule has 0 fully saturated rings. The van der Waals surface area contributed by atoms with Gasteiger partial charge in [-0.15, -0.1) is 0 Å². The summed E-state index contributed by atoms with van der Waals surface area (Å²) in [5.74, 6) is 0.381. The van der Waals surface area contributed by atoms with Gasteiger partial charge in [0.1, 0.15) is 0 Å². The van der Waals surface area contributed by atoms with Gasteiger partial charge in [-0.3, -0.25) is 0 Å².